The Labute approximate surface area is 193 Å². The van der Waals surface area contributed by atoms with Gasteiger partial charge in [0.25, 0.3) is 5.91 Å². The molecule has 1 aromatic carbocycles. The molecule has 1 heterocycles. The Kier molecular flexibility index (Phi) is 10.5. The van der Waals surface area contributed by atoms with Crippen molar-refractivity contribution in [3.63, 3.8) is 0 Å². The summed E-state index contributed by atoms with van der Waals surface area (Å²) in [6.45, 7) is 1.64. The van der Waals surface area contributed by atoms with E-state index in [1.165, 1.54) is 4.90 Å². The molecule has 0 spiro atoms. The second-order valence-electron chi connectivity index (χ2n) is 5.02. The summed E-state index contributed by atoms with van der Waals surface area (Å²) in [5.74, 6) is 29.5. The van der Waals surface area contributed by atoms with Crippen LogP contribution in [0.3, 0.4) is 0 Å². The molecule has 0 fully saturated rings. The van der Waals surface area contributed by atoms with Gasteiger partial charge in [-0.15, -0.1) is 12.7 Å². The second kappa shape index (κ2) is 13.4. The summed E-state index contributed by atoms with van der Waals surface area (Å²) < 4.78 is 5.23. The average Bonchev–Trinajstić information content (AvgIpc) is 3.05. The van der Waals surface area contributed by atoms with Gasteiger partial charge in [-0.05, 0) is 66.7 Å². The van der Waals surface area contributed by atoms with Crippen LogP contribution in [-0.2, 0) is 4.79 Å². The quantitative estimate of drug-likeness (QED) is 0.245. The molecule has 1 aliphatic heterocycles. The minimum atomic E-state index is -0.471. The number of terminal acetylenes is 1. The number of ether oxygens (including phenoxy) is 1. The van der Waals surface area contributed by atoms with Crippen LogP contribution in [-0.4, -0.2) is 11.7 Å². The number of amides is 1. The zero-order valence-corrected chi connectivity index (χ0v) is 16.6. The van der Waals surface area contributed by atoms with Crippen LogP contribution in [0, 0.1) is 83.6 Å². The smallest absolute Gasteiger partial charge is 0.876 e. The van der Waals surface area contributed by atoms with Crippen molar-refractivity contribution in [2.45, 2.75) is 6.92 Å². The summed E-state index contributed by atoms with van der Waals surface area (Å²) in [6.07, 6.45) is 7.78. The van der Waals surface area contributed by atoms with Crippen molar-refractivity contribution in [1.29, 1.82) is 0 Å². The van der Waals surface area contributed by atoms with Crippen LogP contribution < -0.4 is 33.6 Å². The van der Waals surface area contributed by atoms with Crippen molar-refractivity contribution in [1.82, 2.24) is 0 Å². The summed E-state index contributed by atoms with van der Waals surface area (Å²) in [4.78, 5) is 17.3. The van der Waals surface area contributed by atoms with Crippen molar-refractivity contribution in [2.24, 2.45) is 4.99 Å². The predicted octanol–water partition coefficient (Wildman–Crippen LogP) is -2.35. The fraction of sp³-hybridized carbons (Fsp3) is 0.0400. The van der Waals surface area contributed by atoms with Gasteiger partial charge in [-0.25, -0.2) is 4.99 Å². The molecule has 138 valence electrons. The van der Waals surface area contributed by atoms with Gasteiger partial charge in [0.2, 0.25) is 0 Å². The number of carbonyl (C=O) groups is 1. The van der Waals surface area contributed by atoms with Crippen LogP contribution in [0.5, 0.6) is 5.75 Å². The van der Waals surface area contributed by atoms with E-state index >= 15 is 0 Å². The fourth-order valence-electron chi connectivity index (χ4n) is 2.01. The van der Waals surface area contributed by atoms with Gasteiger partial charge in [-0.2, -0.15) is 0 Å². The van der Waals surface area contributed by atoms with Gasteiger partial charge in [0.05, 0.1) is 5.69 Å². The Morgan fingerprint density at radius 2 is 1.45 bits per heavy atom. The number of benzene rings is 1. The van der Waals surface area contributed by atoms with E-state index in [0.29, 0.717) is 23.5 Å². The molecule has 0 bridgehead atoms. The Bertz CT molecular complexity index is 1340. The second-order valence-corrected chi connectivity index (χ2v) is 5.02. The van der Waals surface area contributed by atoms with Gasteiger partial charge in [0.15, 0.2) is 0 Å². The summed E-state index contributed by atoms with van der Waals surface area (Å²) in [7, 11) is 0. The number of nitrogens with zero attached hydrogens (tertiary/aromatic N) is 2. The van der Waals surface area contributed by atoms with Crippen LogP contribution >= 0.6 is 0 Å². The SMILES string of the molecule is C#CC#CC#CC#CC#CC#CC#COc1ccc(N2C(=O)/C(=C\[O-])N=C2C)cc1.[Li+]. The third kappa shape index (κ3) is 7.63. The molecule has 31 heavy (non-hydrogen) atoms. The Morgan fingerprint density at radius 3 is 1.94 bits per heavy atom. The van der Waals surface area contributed by atoms with E-state index in [4.69, 9.17) is 11.2 Å². The van der Waals surface area contributed by atoms with Gasteiger partial charge in [0, 0.05) is 35.5 Å². The van der Waals surface area contributed by atoms with Crippen LogP contribution in [0.1, 0.15) is 6.92 Å². The van der Waals surface area contributed by atoms with E-state index in [9.17, 15) is 9.90 Å². The molecule has 1 aliphatic rings. The maximum absolute atomic E-state index is 12.1. The molecule has 0 atom stereocenters. The van der Waals surface area contributed by atoms with Gasteiger partial charge < -0.3 is 9.84 Å². The number of rotatable bonds is 2. The standard InChI is InChI=1S/C25H10N2O3.Li/c1-3-4-5-6-7-8-9-10-11-12-13-14-19-30-23-17-15-22(16-18-23)27-21(2)26-24(20-28)25(27)29;/h1,15-18,20,28H,2H3;/q;+1/p-1/b24-20+;. The molecule has 2 rings (SSSR count). The van der Waals surface area contributed by atoms with E-state index in [1.54, 1.807) is 31.2 Å². The Morgan fingerprint density at radius 1 is 0.935 bits per heavy atom. The van der Waals surface area contributed by atoms with E-state index < -0.39 is 5.91 Å². The first-order valence-corrected chi connectivity index (χ1v) is 8.11. The van der Waals surface area contributed by atoms with E-state index in [1.807, 2.05) is 0 Å². The molecule has 1 aromatic rings. The zero-order chi connectivity index (χ0) is 21.6. The molecule has 1 amide bonds. The summed E-state index contributed by atoms with van der Waals surface area (Å²) >= 11 is 0. The van der Waals surface area contributed by atoms with Crippen LogP contribution in [0.4, 0.5) is 5.69 Å². The maximum Gasteiger partial charge on any atom is 1.00 e. The molecule has 0 aromatic heterocycles. The fourth-order valence-corrected chi connectivity index (χ4v) is 2.01. The molecule has 0 radical (unpaired) electrons. The Balaban J connectivity index is 0.00000480. The van der Waals surface area contributed by atoms with E-state index in [0.717, 1.165) is 0 Å². The molecule has 6 heteroatoms. The van der Waals surface area contributed by atoms with Crippen molar-refractivity contribution in [3.05, 3.63) is 36.2 Å². The first kappa shape index (κ1) is 24.3. The number of carbonyl (C=O) groups excluding carboxylic acids is 1. The first-order valence-electron chi connectivity index (χ1n) is 8.11. The summed E-state index contributed by atoms with van der Waals surface area (Å²) in [6, 6.07) is 6.56. The summed E-state index contributed by atoms with van der Waals surface area (Å²) in [5.41, 5.74) is 0.427. The number of amidine groups is 1. The average molecular weight is 392 g/mol. The van der Waals surface area contributed by atoms with Crippen molar-refractivity contribution >= 4 is 17.4 Å². The normalized spacial score (nSPS) is 11.2. The van der Waals surface area contributed by atoms with Crippen molar-refractivity contribution in [2.75, 3.05) is 4.90 Å². The maximum atomic E-state index is 12.1. The number of hydrogen-bond acceptors (Lipinski definition) is 4. The largest absolute Gasteiger partial charge is 1.00 e. The van der Waals surface area contributed by atoms with E-state index in [2.05, 4.69) is 82.1 Å². The molecule has 5 nitrogen and oxygen atoms in total. The minimum absolute atomic E-state index is 0. The monoisotopic (exact) mass is 392 g/mol. The molecular formula is C25H9LiN2O3. The first-order chi connectivity index (χ1) is 14.7. The molecule has 0 saturated carbocycles. The summed E-state index contributed by atoms with van der Waals surface area (Å²) in [5, 5.41) is 10.8. The van der Waals surface area contributed by atoms with Crippen LogP contribution in [0.15, 0.2) is 41.2 Å². The van der Waals surface area contributed by atoms with Gasteiger partial charge in [-0.1, -0.05) is 0 Å². The van der Waals surface area contributed by atoms with Crippen molar-refractivity contribution in [3.8, 4) is 89.3 Å². The Hall–Kier alpha value is -4.78. The number of aliphatic imine (C=N–C) groups is 1. The topological polar surface area (TPSA) is 65.0 Å². The van der Waals surface area contributed by atoms with Gasteiger partial charge in [0.1, 0.15) is 23.4 Å². The molecular weight excluding hydrogens is 383 g/mol. The molecule has 0 aliphatic carbocycles. The zero-order valence-electron chi connectivity index (χ0n) is 16.6. The van der Waals surface area contributed by atoms with Gasteiger partial charge >= 0.3 is 18.9 Å². The van der Waals surface area contributed by atoms with Crippen molar-refractivity contribution < 1.29 is 33.5 Å². The van der Waals surface area contributed by atoms with E-state index in [-0.39, 0.29) is 24.6 Å². The molecule has 0 saturated heterocycles. The molecule has 0 unspecified atom stereocenters. The number of anilines is 1. The predicted molar refractivity (Wildman–Crippen MR) is 111 cm³/mol. The number of hydrogen-bond donors (Lipinski definition) is 0. The molecule has 0 N–H and O–H groups in total. The van der Waals surface area contributed by atoms with Gasteiger partial charge in [-0.3, -0.25) is 9.69 Å². The van der Waals surface area contributed by atoms with Crippen LogP contribution in [0.25, 0.3) is 0 Å². The minimum Gasteiger partial charge on any atom is -0.876 e. The van der Waals surface area contributed by atoms with Crippen LogP contribution in [0.2, 0.25) is 0 Å². The third-order valence-corrected chi connectivity index (χ3v) is 3.15. The third-order valence-electron chi connectivity index (χ3n) is 3.15.